The molecule has 0 spiro atoms. The summed E-state index contributed by atoms with van der Waals surface area (Å²) in [5, 5.41) is 0. The van der Waals surface area contributed by atoms with E-state index in [1.54, 1.807) is 0 Å². The van der Waals surface area contributed by atoms with Crippen LogP contribution < -0.4 is 0 Å². The average molecular weight is 360 g/mol. The summed E-state index contributed by atoms with van der Waals surface area (Å²) in [6.07, 6.45) is 1.23. The van der Waals surface area contributed by atoms with Crippen molar-refractivity contribution in [1.82, 2.24) is 0 Å². The Balaban J connectivity index is 0.0000001000. The molecule has 3 heteroatoms. The second kappa shape index (κ2) is 8.96. The highest BCUT2D eigenvalue weighted by Gasteiger charge is 2.24. The van der Waals surface area contributed by atoms with Gasteiger partial charge in [0.15, 0.2) is 0 Å². The van der Waals surface area contributed by atoms with E-state index >= 15 is 0 Å². The van der Waals surface area contributed by atoms with E-state index in [-0.39, 0.29) is 0 Å². The Morgan fingerprint density at radius 2 is 0.630 bits per heavy atom. The Morgan fingerprint density at radius 1 is 0.407 bits per heavy atom. The van der Waals surface area contributed by atoms with Gasteiger partial charge in [-0.05, 0) is 16.7 Å². The van der Waals surface area contributed by atoms with Gasteiger partial charge in [-0.1, -0.05) is 91.0 Å². The Kier molecular flexibility index (Phi) is 5.95. The Hall–Kier alpha value is -2.46. The maximum Gasteiger partial charge on any atom is 0.106 e. The van der Waals surface area contributed by atoms with Crippen LogP contribution in [0.4, 0.5) is 0 Å². The van der Waals surface area contributed by atoms with Crippen LogP contribution in [0.2, 0.25) is 0 Å². The third-order valence-corrected chi connectivity index (χ3v) is 4.51. The monoisotopic (exact) mass is 360 g/mol. The van der Waals surface area contributed by atoms with Crippen LogP contribution >= 0.6 is 0 Å². The summed E-state index contributed by atoms with van der Waals surface area (Å²) in [4.78, 5) is 0. The SMILES string of the molecule is c1ccc(C2CO2)cc1.c1ccc(C2CO2)cc1.c1ccc(C2CO2)cc1. The van der Waals surface area contributed by atoms with Gasteiger partial charge in [0.1, 0.15) is 18.3 Å². The molecule has 3 atom stereocenters. The van der Waals surface area contributed by atoms with Crippen LogP contribution in [0.15, 0.2) is 91.0 Å². The molecule has 3 aromatic rings. The first-order chi connectivity index (χ1) is 13.4. The van der Waals surface area contributed by atoms with Gasteiger partial charge in [0.25, 0.3) is 0 Å². The maximum absolute atomic E-state index is 5.09. The summed E-state index contributed by atoms with van der Waals surface area (Å²) in [5.74, 6) is 0. The molecule has 3 heterocycles. The highest BCUT2D eigenvalue weighted by atomic mass is 16.6. The van der Waals surface area contributed by atoms with Gasteiger partial charge in [0.05, 0.1) is 19.8 Å². The van der Waals surface area contributed by atoms with Crippen molar-refractivity contribution in [3.8, 4) is 0 Å². The third kappa shape index (κ3) is 6.04. The lowest BCUT2D eigenvalue weighted by Gasteiger charge is -1.89. The summed E-state index contributed by atoms with van der Waals surface area (Å²) in [7, 11) is 0. The molecule has 0 N–H and O–H groups in total. The van der Waals surface area contributed by atoms with E-state index in [1.165, 1.54) is 16.7 Å². The van der Waals surface area contributed by atoms with E-state index in [0.717, 1.165) is 19.8 Å². The van der Waals surface area contributed by atoms with Crippen molar-refractivity contribution >= 4 is 0 Å². The van der Waals surface area contributed by atoms with E-state index in [1.807, 2.05) is 54.6 Å². The van der Waals surface area contributed by atoms with Crippen molar-refractivity contribution in [1.29, 1.82) is 0 Å². The van der Waals surface area contributed by atoms with Crippen molar-refractivity contribution < 1.29 is 14.2 Å². The molecule has 0 aliphatic carbocycles. The maximum atomic E-state index is 5.09. The van der Waals surface area contributed by atoms with Gasteiger partial charge in [-0.2, -0.15) is 0 Å². The summed E-state index contributed by atoms with van der Waals surface area (Å²) in [6, 6.07) is 30.9. The molecular weight excluding hydrogens is 336 g/mol. The second-order valence-corrected chi connectivity index (χ2v) is 6.70. The van der Waals surface area contributed by atoms with Crippen LogP contribution in [0.3, 0.4) is 0 Å². The number of hydrogen-bond donors (Lipinski definition) is 0. The minimum absolute atomic E-state index is 0.409. The predicted molar refractivity (Wildman–Crippen MR) is 105 cm³/mol. The van der Waals surface area contributed by atoms with Gasteiger partial charge in [0.2, 0.25) is 0 Å². The zero-order chi connectivity index (χ0) is 18.3. The number of epoxide rings is 3. The minimum atomic E-state index is 0.409. The molecule has 138 valence electrons. The summed E-state index contributed by atoms with van der Waals surface area (Å²) in [6.45, 7) is 2.72. The van der Waals surface area contributed by atoms with Crippen LogP contribution in [-0.2, 0) is 14.2 Å². The second-order valence-electron chi connectivity index (χ2n) is 6.70. The van der Waals surface area contributed by atoms with Crippen molar-refractivity contribution in [2.24, 2.45) is 0 Å². The minimum Gasteiger partial charge on any atom is -0.368 e. The van der Waals surface area contributed by atoms with Crippen LogP contribution in [0.5, 0.6) is 0 Å². The highest BCUT2D eigenvalue weighted by molar-refractivity contribution is 5.21. The van der Waals surface area contributed by atoms with Crippen LogP contribution in [0, 0.1) is 0 Å². The lowest BCUT2D eigenvalue weighted by molar-refractivity contribution is 0.415. The average Bonchev–Trinajstić information content (AvgIpc) is 3.64. The standard InChI is InChI=1S/3C8H8O/c3*1-2-4-7(5-3-1)8-6-9-8/h3*1-5,8H,6H2. The van der Waals surface area contributed by atoms with Crippen molar-refractivity contribution in [3.05, 3.63) is 108 Å². The zero-order valence-electron chi connectivity index (χ0n) is 15.2. The molecule has 6 rings (SSSR count). The first-order valence-corrected chi connectivity index (χ1v) is 9.40. The fourth-order valence-corrected chi connectivity index (χ4v) is 2.72. The largest absolute Gasteiger partial charge is 0.368 e. The number of rotatable bonds is 3. The van der Waals surface area contributed by atoms with E-state index in [0.29, 0.717) is 18.3 Å². The molecule has 0 saturated carbocycles. The molecular formula is C24H24O3. The molecule has 3 fully saturated rings. The van der Waals surface area contributed by atoms with Gasteiger partial charge in [-0.15, -0.1) is 0 Å². The van der Waals surface area contributed by atoms with Gasteiger partial charge in [0, 0.05) is 0 Å². The first kappa shape index (κ1) is 17.9. The van der Waals surface area contributed by atoms with E-state index in [9.17, 15) is 0 Å². The fourth-order valence-electron chi connectivity index (χ4n) is 2.72. The Bertz CT molecular complexity index is 680. The summed E-state index contributed by atoms with van der Waals surface area (Å²) < 4.78 is 15.3. The highest BCUT2D eigenvalue weighted by Crippen LogP contribution is 2.30. The first-order valence-electron chi connectivity index (χ1n) is 9.40. The molecule has 3 unspecified atom stereocenters. The van der Waals surface area contributed by atoms with Crippen LogP contribution in [0.1, 0.15) is 35.0 Å². The van der Waals surface area contributed by atoms with Gasteiger partial charge in [-0.25, -0.2) is 0 Å². The third-order valence-electron chi connectivity index (χ3n) is 4.51. The van der Waals surface area contributed by atoms with Crippen LogP contribution in [-0.4, -0.2) is 19.8 Å². The molecule has 0 amide bonds. The van der Waals surface area contributed by atoms with Gasteiger partial charge in [-0.3, -0.25) is 0 Å². The number of benzene rings is 3. The van der Waals surface area contributed by atoms with E-state index < -0.39 is 0 Å². The van der Waals surface area contributed by atoms with Crippen LogP contribution in [0.25, 0.3) is 0 Å². The lowest BCUT2D eigenvalue weighted by atomic mass is 10.2. The molecule has 3 aromatic carbocycles. The summed E-state index contributed by atoms with van der Waals surface area (Å²) >= 11 is 0. The van der Waals surface area contributed by atoms with Crippen molar-refractivity contribution in [2.45, 2.75) is 18.3 Å². The normalized spacial score (nSPS) is 23.8. The van der Waals surface area contributed by atoms with Gasteiger partial charge >= 0.3 is 0 Å². The molecule has 3 nitrogen and oxygen atoms in total. The van der Waals surface area contributed by atoms with Gasteiger partial charge < -0.3 is 14.2 Å². The zero-order valence-corrected chi connectivity index (χ0v) is 15.2. The quantitative estimate of drug-likeness (QED) is 0.597. The van der Waals surface area contributed by atoms with Crippen molar-refractivity contribution in [2.75, 3.05) is 19.8 Å². The molecule has 27 heavy (non-hydrogen) atoms. The van der Waals surface area contributed by atoms with E-state index in [4.69, 9.17) is 14.2 Å². The molecule has 0 aromatic heterocycles. The summed E-state index contributed by atoms with van der Waals surface area (Å²) in [5.41, 5.74) is 3.91. The van der Waals surface area contributed by atoms with Crippen molar-refractivity contribution in [3.63, 3.8) is 0 Å². The molecule has 3 aliphatic rings. The number of hydrogen-bond acceptors (Lipinski definition) is 3. The number of ether oxygens (including phenoxy) is 3. The Labute approximate surface area is 160 Å². The molecule has 0 bridgehead atoms. The Morgan fingerprint density at radius 3 is 0.815 bits per heavy atom. The molecule has 3 aliphatic heterocycles. The molecule has 0 radical (unpaired) electrons. The van der Waals surface area contributed by atoms with E-state index in [2.05, 4.69) is 36.4 Å². The topological polar surface area (TPSA) is 37.6 Å². The fraction of sp³-hybridized carbons (Fsp3) is 0.250. The smallest absolute Gasteiger partial charge is 0.106 e. The molecule has 3 saturated heterocycles. The predicted octanol–water partition coefficient (Wildman–Crippen LogP) is 5.27. The lowest BCUT2D eigenvalue weighted by Crippen LogP contribution is -1.75.